The highest BCUT2D eigenvalue weighted by atomic mass is 16.6. The standard InChI is InChI=1S/C15H17N7O2/c1-15(2,3)24-14(23)18-12-6-4-11(5-7-12)17-9-10(8-16)13-19-21-22-20-13/h4-7,9,17H,1-3H3,(H,18,23)(H,19,20,21,22). The summed E-state index contributed by atoms with van der Waals surface area (Å²) in [6, 6.07) is 8.88. The molecule has 3 N–H and O–H groups in total. The lowest BCUT2D eigenvalue weighted by atomic mass is 10.2. The molecule has 24 heavy (non-hydrogen) atoms. The fourth-order valence-electron chi connectivity index (χ4n) is 1.65. The van der Waals surface area contributed by atoms with Crippen molar-refractivity contribution in [3.63, 3.8) is 0 Å². The van der Waals surface area contributed by atoms with Gasteiger partial charge in [0.05, 0.1) is 0 Å². The first kappa shape index (κ1) is 17.0. The summed E-state index contributed by atoms with van der Waals surface area (Å²) in [6.45, 7) is 5.38. The summed E-state index contributed by atoms with van der Waals surface area (Å²) in [5.74, 6) is 0.202. The molecule has 0 spiro atoms. The van der Waals surface area contributed by atoms with E-state index >= 15 is 0 Å². The lowest BCUT2D eigenvalue weighted by Gasteiger charge is -2.19. The Bertz CT molecular complexity index is 753. The molecule has 2 aromatic rings. The molecule has 1 aromatic heterocycles. The number of carbonyl (C=O) groups is 1. The fraction of sp³-hybridized carbons (Fsp3) is 0.267. The van der Waals surface area contributed by atoms with Gasteiger partial charge in [0.2, 0.25) is 5.82 Å². The van der Waals surface area contributed by atoms with E-state index in [-0.39, 0.29) is 11.4 Å². The van der Waals surface area contributed by atoms with Gasteiger partial charge in [0, 0.05) is 17.6 Å². The molecular formula is C15H17N7O2. The molecule has 0 fully saturated rings. The summed E-state index contributed by atoms with van der Waals surface area (Å²) in [5.41, 5.74) is 0.998. The molecule has 1 heterocycles. The number of nitrogens with one attached hydrogen (secondary N) is 3. The van der Waals surface area contributed by atoms with Crippen molar-refractivity contribution in [1.29, 1.82) is 5.26 Å². The van der Waals surface area contributed by atoms with Gasteiger partial charge in [-0.05, 0) is 50.3 Å². The first-order chi connectivity index (χ1) is 11.4. The summed E-state index contributed by atoms with van der Waals surface area (Å²) in [7, 11) is 0. The smallest absolute Gasteiger partial charge is 0.412 e. The average Bonchev–Trinajstić information content (AvgIpc) is 3.02. The molecule has 0 aliphatic carbocycles. The Morgan fingerprint density at radius 3 is 2.50 bits per heavy atom. The molecule has 1 amide bonds. The van der Waals surface area contributed by atoms with Gasteiger partial charge in [-0.25, -0.2) is 4.79 Å². The van der Waals surface area contributed by atoms with E-state index in [0.717, 1.165) is 5.69 Å². The van der Waals surface area contributed by atoms with Crippen LogP contribution in [0.1, 0.15) is 26.6 Å². The summed E-state index contributed by atoms with van der Waals surface area (Å²) in [6.07, 6.45) is 0.952. The Morgan fingerprint density at radius 2 is 1.96 bits per heavy atom. The molecule has 0 aliphatic rings. The third kappa shape index (κ3) is 5.10. The van der Waals surface area contributed by atoms with Crippen LogP contribution in [-0.2, 0) is 4.74 Å². The van der Waals surface area contributed by atoms with Crippen molar-refractivity contribution in [2.45, 2.75) is 26.4 Å². The van der Waals surface area contributed by atoms with E-state index in [9.17, 15) is 4.79 Å². The monoisotopic (exact) mass is 327 g/mol. The third-order valence-electron chi connectivity index (χ3n) is 2.62. The number of carbonyl (C=O) groups excluding carboxylic acids is 1. The van der Waals surface area contributed by atoms with E-state index in [4.69, 9.17) is 10.00 Å². The molecule has 0 radical (unpaired) electrons. The number of anilines is 2. The van der Waals surface area contributed by atoms with Crippen molar-refractivity contribution in [3.05, 3.63) is 36.3 Å². The first-order valence-electron chi connectivity index (χ1n) is 7.08. The van der Waals surface area contributed by atoms with Gasteiger partial charge in [-0.3, -0.25) is 5.32 Å². The second-order valence-electron chi connectivity index (χ2n) is 5.75. The number of hydrogen-bond acceptors (Lipinski definition) is 7. The number of nitriles is 1. The Morgan fingerprint density at radius 1 is 1.29 bits per heavy atom. The maximum Gasteiger partial charge on any atom is 0.412 e. The van der Waals surface area contributed by atoms with Crippen LogP contribution in [0.2, 0.25) is 0 Å². The van der Waals surface area contributed by atoms with Crippen LogP contribution in [0.5, 0.6) is 0 Å². The Hall–Kier alpha value is -3.41. The second-order valence-corrected chi connectivity index (χ2v) is 5.75. The second kappa shape index (κ2) is 7.23. The largest absolute Gasteiger partial charge is 0.444 e. The van der Waals surface area contributed by atoms with Gasteiger partial charge in [0.15, 0.2) is 0 Å². The quantitative estimate of drug-likeness (QED) is 0.736. The summed E-state index contributed by atoms with van der Waals surface area (Å²) >= 11 is 0. The molecule has 0 saturated heterocycles. The van der Waals surface area contributed by atoms with Gasteiger partial charge in [-0.1, -0.05) is 0 Å². The highest BCUT2D eigenvalue weighted by Gasteiger charge is 2.16. The van der Waals surface area contributed by atoms with Crippen molar-refractivity contribution < 1.29 is 9.53 Å². The lowest BCUT2D eigenvalue weighted by molar-refractivity contribution is 0.0636. The van der Waals surface area contributed by atoms with Gasteiger partial charge in [0.25, 0.3) is 0 Å². The van der Waals surface area contributed by atoms with Crippen molar-refractivity contribution in [1.82, 2.24) is 20.6 Å². The van der Waals surface area contributed by atoms with Crippen LogP contribution in [0.4, 0.5) is 16.2 Å². The lowest BCUT2D eigenvalue weighted by Crippen LogP contribution is -2.27. The molecule has 0 atom stereocenters. The van der Waals surface area contributed by atoms with Crippen molar-refractivity contribution in [3.8, 4) is 6.07 Å². The van der Waals surface area contributed by atoms with Crippen LogP contribution >= 0.6 is 0 Å². The third-order valence-corrected chi connectivity index (χ3v) is 2.62. The molecule has 0 bridgehead atoms. The molecule has 2 rings (SSSR count). The average molecular weight is 327 g/mol. The number of H-pyrrole nitrogens is 1. The molecular weight excluding hydrogens is 310 g/mol. The number of hydrogen-bond donors (Lipinski definition) is 3. The van der Waals surface area contributed by atoms with Crippen molar-refractivity contribution >= 4 is 23.0 Å². The predicted octanol–water partition coefficient (Wildman–Crippen LogP) is 2.52. The summed E-state index contributed by atoms with van der Waals surface area (Å²) in [5, 5.41) is 27.8. The number of ether oxygens (including phenoxy) is 1. The zero-order chi connectivity index (χ0) is 17.6. The van der Waals surface area contributed by atoms with Gasteiger partial charge >= 0.3 is 6.09 Å². The molecule has 124 valence electrons. The number of allylic oxidation sites excluding steroid dienone is 1. The zero-order valence-corrected chi connectivity index (χ0v) is 13.5. The van der Waals surface area contributed by atoms with E-state index in [2.05, 4.69) is 31.3 Å². The van der Waals surface area contributed by atoms with Gasteiger partial charge in [0.1, 0.15) is 17.2 Å². The Labute approximate surface area is 138 Å². The van der Waals surface area contributed by atoms with E-state index in [0.29, 0.717) is 5.69 Å². The minimum atomic E-state index is -0.556. The fourth-order valence-corrected chi connectivity index (χ4v) is 1.65. The number of nitrogens with zero attached hydrogens (tertiary/aromatic N) is 4. The summed E-state index contributed by atoms with van der Waals surface area (Å²) in [4.78, 5) is 11.7. The molecule has 1 aromatic carbocycles. The highest BCUT2D eigenvalue weighted by Crippen LogP contribution is 2.16. The van der Waals surface area contributed by atoms with Crippen LogP contribution in [0, 0.1) is 11.3 Å². The Kier molecular flexibility index (Phi) is 5.11. The zero-order valence-electron chi connectivity index (χ0n) is 13.5. The minimum absolute atomic E-state index is 0.202. The first-order valence-corrected chi connectivity index (χ1v) is 7.08. The van der Waals surface area contributed by atoms with Crippen molar-refractivity contribution in [2.75, 3.05) is 10.6 Å². The number of tetrazole rings is 1. The number of benzene rings is 1. The molecule has 9 heteroatoms. The molecule has 9 nitrogen and oxygen atoms in total. The van der Waals surface area contributed by atoms with E-state index in [1.807, 2.05) is 6.07 Å². The van der Waals surface area contributed by atoms with Gasteiger partial charge in [-0.15, -0.1) is 10.2 Å². The highest BCUT2D eigenvalue weighted by molar-refractivity contribution is 5.85. The van der Waals surface area contributed by atoms with Crippen LogP contribution in [-0.4, -0.2) is 32.3 Å². The molecule has 0 aliphatic heterocycles. The molecule has 0 saturated carbocycles. The SMILES string of the molecule is CC(C)(C)OC(=O)Nc1ccc(NC=C(C#N)c2nn[nH]n2)cc1. The molecule has 0 unspecified atom stereocenters. The van der Waals surface area contributed by atoms with Gasteiger partial charge < -0.3 is 10.1 Å². The maximum atomic E-state index is 11.7. The van der Waals surface area contributed by atoms with E-state index in [1.54, 1.807) is 45.0 Å². The normalized spacial score (nSPS) is 11.5. The van der Waals surface area contributed by atoms with E-state index < -0.39 is 11.7 Å². The van der Waals surface area contributed by atoms with Gasteiger partial charge in [-0.2, -0.15) is 10.5 Å². The number of rotatable bonds is 4. The number of aromatic amines is 1. The summed E-state index contributed by atoms with van der Waals surface area (Å²) < 4.78 is 5.17. The van der Waals surface area contributed by atoms with Crippen LogP contribution in [0.25, 0.3) is 5.57 Å². The van der Waals surface area contributed by atoms with Crippen LogP contribution in [0.15, 0.2) is 30.5 Å². The predicted molar refractivity (Wildman–Crippen MR) is 87.7 cm³/mol. The van der Waals surface area contributed by atoms with Crippen LogP contribution in [0.3, 0.4) is 0 Å². The van der Waals surface area contributed by atoms with E-state index in [1.165, 1.54) is 6.20 Å². The topological polar surface area (TPSA) is 129 Å². The van der Waals surface area contributed by atoms with Crippen LogP contribution < -0.4 is 10.6 Å². The number of amides is 1. The maximum absolute atomic E-state index is 11.7. The van der Waals surface area contributed by atoms with Crippen molar-refractivity contribution in [2.24, 2.45) is 0 Å². The Balaban J connectivity index is 1.97. The minimum Gasteiger partial charge on any atom is -0.444 e. The number of aromatic nitrogens is 4.